The fraction of sp³-hybridized carbons (Fsp3) is 0.222. The molecule has 0 unspecified atom stereocenters. The summed E-state index contributed by atoms with van der Waals surface area (Å²) in [4.78, 5) is 8.61. The van der Waals surface area contributed by atoms with Crippen LogP contribution in [0.4, 0.5) is 14.6 Å². The molecule has 3 rings (SSSR count). The van der Waals surface area contributed by atoms with Gasteiger partial charge >= 0.3 is 0 Å². The van der Waals surface area contributed by atoms with Gasteiger partial charge in [0.2, 0.25) is 10.0 Å². The molecule has 0 aliphatic carbocycles. The molecule has 3 aromatic rings. The van der Waals surface area contributed by atoms with E-state index in [-0.39, 0.29) is 18.7 Å². The lowest BCUT2D eigenvalue weighted by Crippen LogP contribution is -2.30. The molecule has 2 aromatic heterocycles. The van der Waals surface area contributed by atoms with Gasteiger partial charge in [-0.15, -0.1) is 0 Å². The number of halogens is 2. The Kier molecular flexibility index (Phi) is 6.00. The highest BCUT2D eigenvalue weighted by Gasteiger charge is 2.13. The van der Waals surface area contributed by atoms with Crippen molar-refractivity contribution in [3.05, 3.63) is 71.8 Å². The van der Waals surface area contributed by atoms with E-state index >= 15 is 0 Å². The summed E-state index contributed by atoms with van der Waals surface area (Å²) in [7, 11) is -3.73. The normalized spacial score (nSPS) is 11.5. The molecular weight excluding hydrogens is 388 g/mol. The van der Waals surface area contributed by atoms with Gasteiger partial charge in [-0.2, -0.15) is 0 Å². The van der Waals surface area contributed by atoms with Gasteiger partial charge in [0, 0.05) is 37.6 Å². The molecule has 0 amide bonds. The van der Waals surface area contributed by atoms with Crippen molar-refractivity contribution in [2.24, 2.45) is 0 Å². The lowest BCUT2D eigenvalue weighted by Gasteiger charge is -2.10. The zero-order valence-electron chi connectivity index (χ0n) is 15.1. The molecule has 0 atom stereocenters. The van der Waals surface area contributed by atoms with Crippen molar-refractivity contribution in [2.75, 3.05) is 18.4 Å². The van der Waals surface area contributed by atoms with E-state index in [9.17, 15) is 17.2 Å². The Morgan fingerprint density at radius 2 is 1.68 bits per heavy atom. The Bertz CT molecular complexity index is 1040. The van der Waals surface area contributed by atoms with Crippen molar-refractivity contribution in [3.63, 3.8) is 0 Å². The van der Waals surface area contributed by atoms with E-state index in [1.807, 2.05) is 29.1 Å². The highest BCUT2D eigenvalue weighted by molar-refractivity contribution is 7.88. The molecule has 0 bridgehead atoms. The van der Waals surface area contributed by atoms with Crippen LogP contribution in [0.2, 0.25) is 0 Å². The van der Waals surface area contributed by atoms with Crippen LogP contribution in [0.5, 0.6) is 0 Å². The molecule has 2 heterocycles. The summed E-state index contributed by atoms with van der Waals surface area (Å²) in [5.41, 5.74) is 0.0424. The molecule has 0 aliphatic rings. The number of benzene rings is 1. The van der Waals surface area contributed by atoms with Crippen molar-refractivity contribution in [3.8, 4) is 5.82 Å². The number of nitrogens with one attached hydrogen (secondary N) is 2. The van der Waals surface area contributed by atoms with E-state index in [4.69, 9.17) is 0 Å². The van der Waals surface area contributed by atoms with Crippen LogP contribution in [-0.2, 0) is 15.8 Å². The van der Waals surface area contributed by atoms with E-state index < -0.39 is 27.4 Å². The third-order valence-corrected chi connectivity index (χ3v) is 5.08. The first-order chi connectivity index (χ1) is 13.3. The van der Waals surface area contributed by atoms with E-state index in [1.54, 1.807) is 13.0 Å². The molecule has 0 fully saturated rings. The first kappa shape index (κ1) is 19.9. The summed E-state index contributed by atoms with van der Waals surface area (Å²) in [5.74, 6) is -0.320. The summed E-state index contributed by atoms with van der Waals surface area (Å²) in [6.07, 6.45) is 3.71. The Morgan fingerprint density at radius 1 is 1.00 bits per heavy atom. The summed E-state index contributed by atoms with van der Waals surface area (Å²) in [6, 6.07) is 8.18. The second kappa shape index (κ2) is 8.44. The summed E-state index contributed by atoms with van der Waals surface area (Å²) >= 11 is 0. The number of anilines is 1. The Hall–Kier alpha value is -2.85. The highest BCUT2D eigenvalue weighted by atomic mass is 32.2. The van der Waals surface area contributed by atoms with E-state index in [1.165, 1.54) is 0 Å². The van der Waals surface area contributed by atoms with Gasteiger partial charge in [0.15, 0.2) is 0 Å². The van der Waals surface area contributed by atoms with Crippen LogP contribution in [0.1, 0.15) is 11.4 Å². The lowest BCUT2D eigenvalue weighted by atomic mass is 10.2. The first-order valence-corrected chi connectivity index (χ1v) is 10.1. The van der Waals surface area contributed by atoms with Crippen LogP contribution >= 0.6 is 0 Å². The Morgan fingerprint density at radius 3 is 2.36 bits per heavy atom. The van der Waals surface area contributed by atoms with Crippen molar-refractivity contribution < 1.29 is 17.2 Å². The van der Waals surface area contributed by atoms with Crippen molar-refractivity contribution in [1.82, 2.24) is 19.3 Å². The van der Waals surface area contributed by atoms with Crippen LogP contribution in [0.25, 0.3) is 5.82 Å². The van der Waals surface area contributed by atoms with Crippen LogP contribution in [0.3, 0.4) is 0 Å². The number of aryl methyl sites for hydroxylation is 1. The molecule has 1 aromatic carbocycles. The van der Waals surface area contributed by atoms with Gasteiger partial charge in [-0.05, 0) is 36.8 Å². The number of hydrogen-bond donors (Lipinski definition) is 2. The van der Waals surface area contributed by atoms with Gasteiger partial charge in [-0.25, -0.2) is 31.9 Å². The smallest absolute Gasteiger partial charge is 0.215 e. The fourth-order valence-electron chi connectivity index (χ4n) is 2.62. The fourth-order valence-corrected chi connectivity index (χ4v) is 3.74. The number of hydrogen-bond acceptors (Lipinski definition) is 5. The molecule has 7 nitrogen and oxygen atoms in total. The third kappa shape index (κ3) is 5.57. The van der Waals surface area contributed by atoms with Gasteiger partial charge in [-0.3, -0.25) is 0 Å². The third-order valence-electron chi connectivity index (χ3n) is 3.73. The quantitative estimate of drug-likeness (QED) is 0.560. The van der Waals surface area contributed by atoms with E-state index in [2.05, 4.69) is 20.0 Å². The monoisotopic (exact) mass is 407 g/mol. The lowest BCUT2D eigenvalue weighted by molar-refractivity contribution is 0.575. The summed E-state index contributed by atoms with van der Waals surface area (Å²) in [6.45, 7) is 2.12. The molecule has 148 valence electrons. The van der Waals surface area contributed by atoms with E-state index in [0.29, 0.717) is 23.5 Å². The maximum atomic E-state index is 13.2. The minimum absolute atomic E-state index is 0.0424. The minimum Gasteiger partial charge on any atom is -0.369 e. The molecule has 0 radical (unpaired) electrons. The molecule has 10 heteroatoms. The maximum Gasteiger partial charge on any atom is 0.215 e. The van der Waals surface area contributed by atoms with Gasteiger partial charge in [0.05, 0.1) is 5.75 Å². The maximum absolute atomic E-state index is 13.2. The van der Waals surface area contributed by atoms with Crippen molar-refractivity contribution >= 4 is 15.8 Å². The average Bonchev–Trinajstić information content (AvgIpc) is 3.11. The number of aromatic nitrogens is 3. The minimum atomic E-state index is -3.73. The molecule has 0 spiro atoms. The average molecular weight is 407 g/mol. The molecule has 0 saturated carbocycles. The molecule has 0 aliphatic heterocycles. The molecule has 2 N–H and O–H groups in total. The Balaban J connectivity index is 1.55. The predicted molar refractivity (Wildman–Crippen MR) is 102 cm³/mol. The van der Waals surface area contributed by atoms with Crippen LogP contribution in [0.15, 0.2) is 48.8 Å². The summed E-state index contributed by atoms with van der Waals surface area (Å²) in [5, 5.41) is 3.03. The van der Waals surface area contributed by atoms with Crippen LogP contribution < -0.4 is 10.0 Å². The summed E-state index contributed by atoms with van der Waals surface area (Å²) < 4.78 is 54.8. The van der Waals surface area contributed by atoms with Crippen LogP contribution in [-0.4, -0.2) is 36.0 Å². The zero-order chi connectivity index (χ0) is 20.1. The molecule has 0 saturated heterocycles. The van der Waals surface area contributed by atoms with Crippen LogP contribution in [0, 0.1) is 18.6 Å². The second-order valence-electron chi connectivity index (χ2n) is 6.11. The SMILES string of the molecule is Cc1nc(NCCNS(=O)(=O)Cc2cc(F)cc(F)c2)cc(-n2cccc2)n1. The second-order valence-corrected chi connectivity index (χ2v) is 7.91. The largest absolute Gasteiger partial charge is 0.369 e. The van der Waals surface area contributed by atoms with Gasteiger partial charge in [0.1, 0.15) is 29.1 Å². The van der Waals surface area contributed by atoms with Gasteiger partial charge in [-0.1, -0.05) is 0 Å². The number of nitrogens with zero attached hydrogens (tertiary/aromatic N) is 3. The number of rotatable bonds is 8. The van der Waals surface area contributed by atoms with Gasteiger partial charge in [0.25, 0.3) is 0 Å². The Labute approximate surface area is 161 Å². The number of sulfonamides is 1. The molecular formula is C18H19F2N5O2S. The zero-order valence-corrected chi connectivity index (χ0v) is 15.9. The van der Waals surface area contributed by atoms with Crippen molar-refractivity contribution in [1.29, 1.82) is 0 Å². The topological polar surface area (TPSA) is 88.9 Å². The predicted octanol–water partition coefficient (Wildman–Crippen LogP) is 2.39. The first-order valence-electron chi connectivity index (χ1n) is 8.46. The molecule has 28 heavy (non-hydrogen) atoms. The highest BCUT2D eigenvalue weighted by Crippen LogP contribution is 2.12. The standard InChI is InChI=1S/C18H19F2N5O2S/c1-13-23-17(11-18(24-13)25-6-2-3-7-25)21-4-5-22-28(26,27)12-14-8-15(19)10-16(20)9-14/h2-3,6-11,22H,4-5,12H2,1H3,(H,21,23,24). The van der Waals surface area contributed by atoms with E-state index in [0.717, 1.165) is 12.1 Å². The van der Waals surface area contributed by atoms with Gasteiger partial charge < -0.3 is 9.88 Å². The van der Waals surface area contributed by atoms with Crippen molar-refractivity contribution in [2.45, 2.75) is 12.7 Å².